The van der Waals surface area contributed by atoms with Gasteiger partial charge in [0.2, 0.25) is 0 Å². The largest absolute Gasteiger partial charge is 0.507 e. The molecule has 0 saturated carbocycles. The number of hydrogen-bond donors (Lipinski definition) is 1. The lowest BCUT2D eigenvalue weighted by atomic mass is 9.81. The van der Waals surface area contributed by atoms with E-state index in [1.165, 1.54) is 6.07 Å². The van der Waals surface area contributed by atoms with Gasteiger partial charge in [-0.15, -0.1) is 0 Å². The molecule has 1 N–H and O–H groups in total. The zero-order valence-corrected chi connectivity index (χ0v) is 11.9. The number of rotatable bonds is 0. The minimum absolute atomic E-state index is 0.105. The Kier molecular flexibility index (Phi) is 2.48. The highest BCUT2D eigenvalue weighted by molar-refractivity contribution is 6.32. The monoisotopic (exact) mass is 288 g/mol. The number of hydrogen-bond acceptors (Lipinski definition) is 3. The Hall–Kier alpha value is -2.94. The number of carbonyl (C=O) groups is 2. The van der Waals surface area contributed by atoms with Crippen LogP contribution in [0.3, 0.4) is 0 Å². The molecule has 106 valence electrons. The fraction of sp³-hybridized carbons (Fsp3) is 0.0526. The molecule has 0 aliphatic heterocycles. The molecule has 0 amide bonds. The average molecular weight is 288 g/mol. The van der Waals surface area contributed by atoms with Gasteiger partial charge in [0.05, 0.1) is 5.56 Å². The van der Waals surface area contributed by atoms with Crippen LogP contribution in [0, 0.1) is 6.92 Å². The van der Waals surface area contributed by atoms with Gasteiger partial charge in [0.15, 0.2) is 11.6 Å². The Morgan fingerprint density at radius 3 is 2.41 bits per heavy atom. The molecule has 1 aliphatic carbocycles. The van der Waals surface area contributed by atoms with Crippen LogP contribution in [0.5, 0.6) is 5.75 Å². The number of phenols is 1. The van der Waals surface area contributed by atoms with Gasteiger partial charge >= 0.3 is 0 Å². The number of carbonyl (C=O) groups excluding carboxylic acids is 2. The first-order valence-corrected chi connectivity index (χ1v) is 7.02. The zero-order chi connectivity index (χ0) is 15.4. The summed E-state index contributed by atoms with van der Waals surface area (Å²) >= 11 is 0. The van der Waals surface area contributed by atoms with E-state index in [-0.39, 0.29) is 28.4 Å². The summed E-state index contributed by atoms with van der Waals surface area (Å²) in [6.07, 6.45) is 0. The third-order valence-corrected chi connectivity index (χ3v) is 4.16. The molecule has 0 unspecified atom stereocenters. The van der Waals surface area contributed by atoms with Crippen LogP contribution in [-0.2, 0) is 0 Å². The Morgan fingerprint density at radius 2 is 1.59 bits per heavy atom. The van der Waals surface area contributed by atoms with E-state index in [1.807, 2.05) is 31.2 Å². The number of phenolic OH excluding ortho intramolecular Hbond substituents is 1. The van der Waals surface area contributed by atoms with Crippen LogP contribution in [0.15, 0.2) is 48.5 Å². The summed E-state index contributed by atoms with van der Waals surface area (Å²) in [4.78, 5) is 25.5. The second kappa shape index (κ2) is 4.28. The molecule has 0 saturated heterocycles. The predicted molar refractivity (Wildman–Crippen MR) is 83.7 cm³/mol. The van der Waals surface area contributed by atoms with E-state index in [4.69, 9.17) is 0 Å². The first-order chi connectivity index (χ1) is 10.6. The van der Waals surface area contributed by atoms with Crippen molar-refractivity contribution >= 4 is 22.3 Å². The maximum Gasteiger partial charge on any atom is 0.198 e. The molecule has 3 aromatic carbocycles. The summed E-state index contributed by atoms with van der Waals surface area (Å²) in [7, 11) is 0. The molecule has 0 fully saturated rings. The van der Waals surface area contributed by atoms with Crippen LogP contribution in [0.2, 0.25) is 0 Å². The fourth-order valence-electron chi connectivity index (χ4n) is 3.12. The van der Waals surface area contributed by atoms with E-state index >= 15 is 0 Å². The Morgan fingerprint density at radius 1 is 0.818 bits per heavy atom. The average Bonchev–Trinajstić information content (AvgIpc) is 2.51. The van der Waals surface area contributed by atoms with Crippen molar-refractivity contribution in [1.29, 1.82) is 0 Å². The number of benzene rings is 3. The SMILES string of the molecule is Cc1ccc2c3c(ccc2c1)C(=O)c1cccc(O)c1C3=O. The van der Waals surface area contributed by atoms with Gasteiger partial charge in [0.1, 0.15) is 5.75 Å². The normalized spacial score (nSPS) is 13.1. The number of aryl methyl sites for hydroxylation is 1. The van der Waals surface area contributed by atoms with Crippen LogP contribution in [0.1, 0.15) is 37.4 Å². The van der Waals surface area contributed by atoms with Gasteiger partial charge in [0, 0.05) is 16.7 Å². The van der Waals surface area contributed by atoms with Crippen molar-refractivity contribution in [1.82, 2.24) is 0 Å². The second-order valence-electron chi connectivity index (χ2n) is 5.57. The van der Waals surface area contributed by atoms with E-state index in [1.54, 1.807) is 18.2 Å². The topological polar surface area (TPSA) is 54.4 Å². The van der Waals surface area contributed by atoms with Crippen molar-refractivity contribution in [3.8, 4) is 5.75 Å². The summed E-state index contributed by atoms with van der Waals surface area (Å²) in [6.45, 7) is 1.98. The second-order valence-corrected chi connectivity index (χ2v) is 5.57. The van der Waals surface area contributed by atoms with Crippen LogP contribution >= 0.6 is 0 Å². The first kappa shape index (κ1) is 12.8. The van der Waals surface area contributed by atoms with Crippen LogP contribution in [-0.4, -0.2) is 16.7 Å². The molecule has 0 bridgehead atoms. The molecule has 0 aromatic heterocycles. The van der Waals surface area contributed by atoms with Crippen LogP contribution in [0.4, 0.5) is 0 Å². The lowest BCUT2D eigenvalue weighted by Gasteiger charge is -2.20. The van der Waals surface area contributed by atoms with Crippen molar-refractivity contribution in [2.45, 2.75) is 6.92 Å². The molecule has 0 spiro atoms. The molecule has 3 aromatic rings. The van der Waals surface area contributed by atoms with Gasteiger partial charge in [-0.25, -0.2) is 0 Å². The van der Waals surface area contributed by atoms with E-state index in [2.05, 4.69) is 0 Å². The van der Waals surface area contributed by atoms with E-state index in [0.29, 0.717) is 11.1 Å². The van der Waals surface area contributed by atoms with Gasteiger partial charge in [-0.2, -0.15) is 0 Å². The van der Waals surface area contributed by atoms with E-state index in [0.717, 1.165) is 16.3 Å². The Bertz CT molecular complexity index is 983. The predicted octanol–water partition coefficient (Wildman–Crippen LogP) is 3.63. The molecule has 0 atom stereocenters. The highest BCUT2D eigenvalue weighted by Gasteiger charge is 2.32. The van der Waals surface area contributed by atoms with Crippen molar-refractivity contribution in [2.24, 2.45) is 0 Å². The van der Waals surface area contributed by atoms with Crippen LogP contribution in [0.25, 0.3) is 10.8 Å². The summed E-state index contributed by atoms with van der Waals surface area (Å²) in [5.74, 6) is -0.661. The standard InChI is InChI=1S/C19H12O3/c1-10-5-7-12-11(9-10)6-8-14-16(12)19(22)17-13(18(14)21)3-2-4-15(17)20/h2-9,20H,1H3. The number of fused-ring (bicyclic) bond motifs is 4. The molecule has 3 heteroatoms. The summed E-state index contributed by atoms with van der Waals surface area (Å²) < 4.78 is 0. The van der Waals surface area contributed by atoms with Crippen molar-refractivity contribution < 1.29 is 14.7 Å². The molecule has 1 aliphatic rings. The minimum atomic E-state index is -0.294. The van der Waals surface area contributed by atoms with Gasteiger partial charge in [-0.05, 0) is 29.8 Å². The van der Waals surface area contributed by atoms with E-state index < -0.39 is 0 Å². The van der Waals surface area contributed by atoms with Gasteiger partial charge in [0.25, 0.3) is 0 Å². The maximum absolute atomic E-state index is 12.9. The molecule has 22 heavy (non-hydrogen) atoms. The number of aromatic hydroxyl groups is 1. The maximum atomic E-state index is 12.9. The van der Waals surface area contributed by atoms with Crippen molar-refractivity contribution in [3.63, 3.8) is 0 Å². The van der Waals surface area contributed by atoms with Gasteiger partial charge in [-0.1, -0.05) is 42.0 Å². The molecule has 0 radical (unpaired) electrons. The highest BCUT2D eigenvalue weighted by Crippen LogP contribution is 2.36. The molecule has 3 nitrogen and oxygen atoms in total. The smallest absolute Gasteiger partial charge is 0.198 e. The zero-order valence-electron chi connectivity index (χ0n) is 11.9. The minimum Gasteiger partial charge on any atom is -0.507 e. The van der Waals surface area contributed by atoms with Crippen molar-refractivity contribution in [3.05, 3.63) is 76.3 Å². The molecular formula is C19H12O3. The van der Waals surface area contributed by atoms with Crippen LogP contribution < -0.4 is 0 Å². The van der Waals surface area contributed by atoms with Gasteiger partial charge in [-0.3, -0.25) is 9.59 Å². The lowest BCUT2D eigenvalue weighted by molar-refractivity contribution is 0.0978. The first-order valence-electron chi connectivity index (χ1n) is 7.02. The lowest BCUT2D eigenvalue weighted by Crippen LogP contribution is -2.21. The third kappa shape index (κ3) is 1.56. The summed E-state index contributed by atoms with van der Waals surface area (Å²) in [5.41, 5.74) is 2.25. The highest BCUT2D eigenvalue weighted by atomic mass is 16.3. The van der Waals surface area contributed by atoms with E-state index in [9.17, 15) is 14.7 Å². The summed E-state index contributed by atoms with van der Waals surface area (Å²) in [6, 6.07) is 13.9. The summed E-state index contributed by atoms with van der Waals surface area (Å²) in [5, 5.41) is 11.7. The van der Waals surface area contributed by atoms with Gasteiger partial charge < -0.3 is 5.11 Å². The Balaban J connectivity index is 2.12. The molecular weight excluding hydrogens is 276 g/mol. The van der Waals surface area contributed by atoms with Crippen molar-refractivity contribution in [2.75, 3.05) is 0 Å². The quantitative estimate of drug-likeness (QED) is 0.537. The molecule has 4 rings (SSSR count). The number of ketones is 2. The molecule has 0 heterocycles. The Labute approximate surface area is 126 Å². The third-order valence-electron chi connectivity index (χ3n) is 4.16. The fourth-order valence-corrected chi connectivity index (χ4v) is 3.12.